The number of nitrogens with one attached hydrogen (secondary N) is 2. The van der Waals surface area contributed by atoms with Crippen LogP contribution in [-0.2, 0) is 10.2 Å². The molecule has 2 amide bonds. The van der Waals surface area contributed by atoms with Crippen LogP contribution in [0.1, 0.15) is 35.2 Å². The van der Waals surface area contributed by atoms with Crippen molar-refractivity contribution in [3.05, 3.63) is 58.6 Å². The minimum Gasteiger partial charge on any atom is -0.493 e. The number of amides is 2. The number of halogens is 1. The number of hydrazine groups is 1. The second kappa shape index (κ2) is 7.88. The molecule has 0 aromatic heterocycles. The lowest BCUT2D eigenvalue weighted by atomic mass is 9.64. The van der Waals surface area contributed by atoms with Crippen LogP contribution in [0.5, 0.6) is 11.5 Å². The third-order valence-corrected chi connectivity index (χ3v) is 5.23. The summed E-state index contributed by atoms with van der Waals surface area (Å²) in [7, 11) is 3.01. The van der Waals surface area contributed by atoms with Gasteiger partial charge in [-0.05, 0) is 48.7 Å². The van der Waals surface area contributed by atoms with Gasteiger partial charge in [0, 0.05) is 10.6 Å². The molecule has 0 aliphatic heterocycles. The Balaban J connectivity index is 1.69. The molecule has 3 rings (SSSR count). The predicted octanol–water partition coefficient (Wildman–Crippen LogP) is 3.24. The van der Waals surface area contributed by atoms with E-state index in [4.69, 9.17) is 21.1 Å². The van der Waals surface area contributed by atoms with E-state index in [1.54, 1.807) is 30.3 Å². The van der Waals surface area contributed by atoms with Crippen molar-refractivity contribution < 1.29 is 19.1 Å². The summed E-state index contributed by atoms with van der Waals surface area (Å²) in [6.45, 7) is 0. The highest BCUT2D eigenvalue weighted by atomic mass is 35.5. The fraction of sp³-hybridized carbons (Fsp3) is 0.300. The largest absolute Gasteiger partial charge is 0.493 e. The summed E-state index contributed by atoms with van der Waals surface area (Å²) >= 11 is 5.94. The Bertz CT molecular complexity index is 848. The first-order valence-corrected chi connectivity index (χ1v) is 8.97. The predicted molar refractivity (Wildman–Crippen MR) is 102 cm³/mol. The summed E-state index contributed by atoms with van der Waals surface area (Å²) < 4.78 is 10.4. The lowest BCUT2D eigenvalue weighted by Crippen LogP contribution is -2.54. The minimum absolute atomic E-state index is 0.232. The molecule has 142 valence electrons. The quantitative estimate of drug-likeness (QED) is 0.771. The van der Waals surface area contributed by atoms with Crippen LogP contribution in [0.25, 0.3) is 0 Å². The van der Waals surface area contributed by atoms with Gasteiger partial charge in [0.15, 0.2) is 11.5 Å². The lowest BCUT2D eigenvalue weighted by molar-refractivity contribution is -0.130. The molecule has 0 radical (unpaired) electrons. The van der Waals surface area contributed by atoms with Gasteiger partial charge in [-0.3, -0.25) is 20.4 Å². The molecule has 0 spiro atoms. The average Bonchev–Trinajstić information content (AvgIpc) is 2.66. The van der Waals surface area contributed by atoms with Crippen LogP contribution in [0.2, 0.25) is 5.02 Å². The van der Waals surface area contributed by atoms with Gasteiger partial charge in [-0.15, -0.1) is 0 Å². The zero-order chi connectivity index (χ0) is 19.4. The third kappa shape index (κ3) is 3.71. The SMILES string of the molecule is COc1ccc(C(=O)NNC(=O)C2(c3ccc(Cl)cc3)CCC2)cc1OC. The number of rotatable bonds is 5. The van der Waals surface area contributed by atoms with Gasteiger partial charge in [-0.1, -0.05) is 30.2 Å². The van der Waals surface area contributed by atoms with Crippen LogP contribution in [0, 0.1) is 0 Å². The Morgan fingerprint density at radius 3 is 2.19 bits per heavy atom. The van der Waals surface area contributed by atoms with Gasteiger partial charge < -0.3 is 9.47 Å². The van der Waals surface area contributed by atoms with Crippen LogP contribution in [0.4, 0.5) is 0 Å². The highest BCUT2D eigenvalue weighted by molar-refractivity contribution is 6.30. The summed E-state index contributed by atoms with van der Waals surface area (Å²) in [5.74, 6) is 0.294. The number of carbonyl (C=O) groups is 2. The maximum absolute atomic E-state index is 12.8. The van der Waals surface area contributed by atoms with Crippen molar-refractivity contribution in [2.75, 3.05) is 14.2 Å². The van der Waals surface area contributed by atoms with Crippen LogP contribution in [0.15, 0.2) is 42.5 Å². The van der Waals surface area contributed by atoms with Gasteiger partial charge in [0.25, 0.3) is 5.91 Å². The minimum atomic E-state index is -0.629. The van der Waals surface area contributed by atoms with Crippen molar-refractivity contribution in [1.82, 2.24) is 10.9 Å². The Kier molecular flexibility index (Phi) is 5.56. The smallest absolute Gasteiger partial charge is 0.269 e. The molecule has 0 bridgehead atoms. The molecule has 2 aromatic rings. The van der Waals surface area contributed by atoms with Gasteiger partial charge in [-0.25, -0.2) is 0 Å². The number of ether oxygens (including phenoxy) is 2. The number of benzene rings is 2. The van der Waals surface area contributed by atoms with Gasteiger partial charge >= 0.3 is 0 Å². The molecule has 1 saturated carbocycles. The molecule has 1 fully saturated rings. The van der Waals surface area contributed by atoms with Crippen LogP contribution in [0.3, 0.4) is 0 Å². The summed E-state index contributed by atoms with van der Waals surface area (Å²) in [5, 5.41) is 0.621. The van der Waals surface area contributed by atoms with E-state index in [0.29, 0.717) is 22.1 Å². The first kappa shape index (κ1) is 19.0. The molecule has 0 saturated heterocycles. The van der Waals surface area contributed by atoms with Crippen molar-refractivity contribution in [3.8, 4) is 11.5 Å². The zero-order valence-electron chi connectivity index (χ0n) is 15.2. The van der Waals surface area contributed by atoms with Crippen molar-refractivity contribution in [3.63, 3.8) is 0 Å². The second-order valence-corrected chi connectivity index (χ2v) is 6.86. The lowest BCUT2D eigenvalue weighted by Gasteiger charge is -2.40. The number of methoxy groups -OCH3 is 2. The fourth-order valence-electron chi connectivity index (χ4n) is 3.23. The highest BCUT2D eigenvalue weighted by Gasteiger charge is 2.45. The van der Waals surface area contributed by atoms with E-state index in [2.05, 4.69) is 10.9 Å². The summed E-state index contributed by atoms with van der Waals surface area (Å²) in [5.41, 5.74) is 5.66. The first-order chi connectivity index (χ1) is 13.0. The maximum atomic E-state index is 12.8. The summed E-state index contributed by atoms with van der Waals surface area (Å²) in [4.78, 5) is 25.2. The molecule has 0 atom stereocenters. The number of carbonyl (C=O) groups excluding carboxylic acids is 2. The van der Waals surface area contributed by atoms with E-state index in [0.717, 1.165) is 24.8 Å². The van der Waals surface area contributed by atoms with E-state index in [1.807, 2.05) is 12.1 Å². The van der Waals surface area contributed by atoms with Crippen molar-refractivity contribution in [1.29, 1.82) is 0 Å². The fourth-order valence-corrected chi connectivity index (χ4v) is 3.35. The molecule has 2 N–H and O–H groups in total. The van der Waals surface area contributed by atoms with Gasteiger partial charge in [0.1, 0.15) is 0 Å². The first-order valence-electron chi connectivity index (χ1n) is 8.59. The zero-order valence-corrected chi connectivity index (χ0v) is 15.9. The van der Waals surface area contributed by atoms with Crippen LogP contribution >= 0.6 is 11.6 Å². The molecule has 27 heavy (non-hydrogen) atoms. The van der Waals surface area contributed by atoms with Gasteiger partial charge in [-0.2, -0.15) is 0 Å². The number of hydrogen-bond acceptors (Lipinski definition) is 4. The van der Waals surface area contributed by atoms with Gasteiger partial charge in [0.2, 0.25) is 5.91 Å². The Hall–Kier alpha value is -2.73. The normalized spacial score (nSPS) is 14.6. The van der Waals surface area contributed by atoms with Crippen molar-refractivity contribution in [2.24, 2.45) is 0 Å². The Morgan fingerprint density at radius 2 is 1.63 bits per heavy atom. The number of hydrogen-bond donors (Lipinski definition) is 2. The molecule has 0 heterocycles. The monoisotopic (exact) mass is 388 g/mol. The molecule has 6 nitrogen and oxygen atoms in total. The van der Waals surface area contributed by atoms with Gasteiger partial charge in [0.05, 0.1) is 19.6 Å². The van der Waals surface area contributed by atoms with E-state index in [1.165, 1.54) is 14.2 Å². The van der Waals surface area contributed by atoms with Crippen LogP contribution in [-0.4, -0.2) is 26.0 Å². The standard InChI is InChI=1S/C20H21ClN2O4/c1-26-16-9-4-13(12-17(16)27-2)18(24)22-23-19(25)20(10-3-11-20)14-5-7-15(21)8-6-14/h4-9,12H,3,10-11H2,1-2H3,(H,22,24)(H,23,25). The van der Waals surface area contributed by atoms with E-state index in [9.17, 15) is 9.59 Å². The molecule has 1 aliphatic carbocycles. The van der Waals surface area contributed by atoms with E-state index < -0.39 is 11.3 Å². The maximum Gasteiger partial charge on any atom is 0.269 e. The van der Waals surface area contributed by atoms with Crippen molar-refractivity contribution >= 4 is 23.4 Å². The molecular formula is C20H21ClN2O4. The van der Waals surface area contributed by atoms with E-state index >= 15 is 0 Å². The summed E-state index contributed by atoms with van der Waals surface area (Å²) in [6.07, 6.45) is 2.42. The molecule has 7 heteroatoms. The molecule has 2 aromatic carbocycles. The second-order valence-electron chi connectivity index (χ2n) is 6.42. The molecule has 1 aliphatic rings. The molecule has 0 unspecified atom stereocenters. The van der Waals surface area contributed by atoms with Crippen molar-refractivity contribution in [2.45, 2.75) is 24.7 Å². The summed E-state index contributed by atoms with van der Waals surface area (Å²) in [6, 6.07) is 12.0. The van der Waals surface area contributed by atoms with Crippen LogP contribution < -0.4 is 20.3 Å². The highest BCUT2D eigenvalue weighted by Crippen LogP contribution is 2.44. The average molecular weight is 389 g/mol. The van der Waals surface area contributed by atoms with E-state index in [-0.39, 0.29) is 5.91 Å². The topological polar surface area (TPSA) is 76.7 Å². The Morgan fingerprint density at radius 1 is 0.963 bits per heavy atom. The Labute approximate surface area is 162 Å². The molecular weight excluding hydrogens is 368 g/mol. The third-order valence-electron chi connectivity index (χ3n) is 4.97.